The number of primary amides is 2. The number of carbonyl (C=O) groups excluding carboxylic acids is 3. The Morgan fingerprint density at radius 2 is 2.10 bits per heavy atom. The Labute approximate surface area is 116 Å². The van der Waals surface area contributed by atoms with E-state index in [9.17, 15) is 19.7 Å². The van der Waals surface area contributed by atoms with Gasteiger partial charge in [-0.15, -0.1) is 0 Å². The van der Waals surface area contributed by atoms with Crippen molar-refractivity contribution in [2.45, 2.75) is 0 Å². The second-order valence-electron chi connectivity index (χ2n) is 3.49. The predicted molar refractivity (Wildman–Crippen MR) is 67.0 cm³/mol. The fraction of sp³-hybridized carbons (Fsp3) is 0.111. The first-order chi connectivity index (χ1) is 9.79. The average molecular weight is 298 g/mol. The van der Waals surface area contributed by atoms with Gasteiger partial charge in [0.1, 0.15) is 11.5 Å². The molecule has 1 fully saturated rings. The van der Waals surface area contributed by atoms with E-state index in [1.807, 2.05) is 5.32 Å². The smallest absolute Gasteiger partial charge is 0.400 e. The number of nitrogens with two attached hydrogens (primary N) is 2. The van der Waals surface area contributed by atoms with Gasteiger partial charge >= 0.3 is 17.9 Å². The zero-order valence-corrected chi connectivity index (χ0v) is 10.4. The molecule has 1 aliphatic rings. The molecule has 2 heterocycles. The van der Waals surface area contributed by atoms with Crippen molar-refractivity contribution >= 4 is 30.1 Å². The fourth-order valence-electron chi connectivity index (χ4n) is 1.16. The monoisotopic (exact) mass is 298 g/mol. The number of nitro groups is 1. The van der Waals surface area contributed by atoms with Gasteiger partial charge in [0.15, 0.2) is 5.76 Å². The van der Waals surface area contributed by atoms with Gasteiger partial charge in [0.05, 0.1) is 12.3 Å². The van der Waals surface area contributed by atoms with Crippen LogP contribution in [-0.2, 0) is 4.79 Å². The molecule has 2 rings (SSSR count). The molecule has 12 heteroatoms. The lowest BCUT2D eigenvalue weighted by Gasteiger charge is -2.02. The number of hydrazone groups is 1. The highest BCUT2D eigenvalue weighted by atomic mass is 16.6. The third kappa shape index (κ3) is 4.98. The molecule has 1 aromatic rings. The fourth-order valence-corrected chi connectivity index (χ4v) is 1.16. The second kappa shape index (κ2) is 6.65. The van der Waals surface area contributed by atoms with E-state index in [1.54, 1.807) is 0 Å². The van der Waals surface area contributed by atoms with E-state index in [-0.39, 0.29) is 12.3 Å². The number of nitrogens with zero attached hydrogens (tertiary/aromatic N) is 3. The minimum atomic E-state index is -0.833. The van der Waals surface area contributed by atoms with Crippen LogP contribution >= 0.6 is 0 Å². The van der Waals surface area contributed by atoms with E-state index in [1.165, 1.54) is 6.07 Å². The summed E-state index contributed by atoms with van der Waals surface area (Å²) in [5, 5.41) is 16.9. The lowest BCUT2D eigenvalue weighted by Crippen LogP contribution is -2.24. The molecule has 1 aromatic heterocycles. The van der Waals surface area contributed by atoms with Crippen LogP contribution < -0.4 is 16.8 Å². The molecule has 1 saturated heterocycles. The normalized spacial score (nSPS) is 13.8. The van der Waals surface area contributed by atoms with E-state index < -0.39 is 28.8 Å². The number of rotatable bonds is 3. The zero-order chi connectivity index (χ0) is 16.0. The van der Waals surface area contributed by atoms with Crippen LogP contribution in [0.2, 0.25) is 0 Å². The summed E-state index contributed by atoms with van der Waals surface area (Å²) in [6, 6.07) is 1.01. The van der Waals surface area contributed by atoms with Crippen molar-refractivity contribution in [3.8, 4) is 0 Å². The minimum absolute atomic E-state index is 0.115. The lowest BCUT2D eigenvalue weighted by molar-refractivity contribution is -0.402. The molecule has 0 atom stereocenters. The number of amides is 5. The van der Waals surface area contributed by atoms with E-state index in [0.717, 1.165) is 17.3 Å². The first-order valence-corrected chi connectivity index (χ1v) is 5.24. The van der Waals surface area contributed by atoms with Crippen molar-refractivity contribution in [1.29, 1.82) is 0 Å². The summed E-state index contributed by atoms with van der Waals surface area (Å²) < 4.78 is 4.78. The van der Waals surface area contributed by atoms with Crippen molar-refractivity contribution < 1.29 is 23.7 Å². The first kappa shape index (κ1) is 15.6. The number of carbonyl (C=O) groups is 3. The molecule has 112 valence electrons. The quantitative estimate of drug-likeness (QED) is 0.280. The van der Waals surface area contributed by atoms with Crippen molar-refractivity contribution in [2.24, 2.45) is 16.6 Å². The first-order valence-electron chi connectivity index (χ1n) is 5.24. The van der Waals surface area contributed by atoms with Gasteiger partial charge in [-0.05, 0) is 6.07 Å². The Bertz CT molecular complexity index is 604. The molecule has 5 N–H and O–H groups in total. The van der Waals surface area contributed by atoms with Crippen molar-refractivity contribution in [2.75, 3.05) is 6.54 Å². The van der Waals surface area contributed by atoms with Gasteiger partial charge in [-0.3, -0.25) is 20.2 Å². The largest absolute Gasteiger partial charge is 0.433 e. The number of urea groups is 2. The summed E-state index contributed by atoms with van der Waals surface area (Å²) in [5.74, 6) is -0.769. The molecule has 0 radical (unpaired) electrons. The predicted octanol–water partition coefficient (Wildman–Crippen LogP) is -0.903. The molecule has 0 unspecified atom stereocenters. The number of hydrogen-bond acceptors (Lipinski definition) is 7. The van der Waals surface area contributed by atoms with Crippen LogP contribution in [0.5, 0.6) is 0 Å². The average Bonchev–Trinajstić information content (AvgIpc) is 2.93. The third-order valence-corrected chi connectivity index (χ3v) is 1.89. The third-order valence-electron chi connectivity index (χ3n) is 1.89. The number of nitrogens with one attached hydrogen (secondary N) is 1. The highest BCUT2D eigenvalue weighted by Crippen LogP contribution is 2.14. The summed E-state index contributed by atoms with van der Waals surface area (Å²) in [6.45, 7) is -0.182. The summed E-state index contributed by atoms with van der Waals surface area (Å²) in [6.07, 6.45) is 1.12. The van der Waals surface area contributed by atoms with E-state index in [2.05, 4.69) is 16.6 Å². The van der Waals surface area contributed by atoms with Gasteiger partial charge < -0.3 is 15.9 Å². The Morgan fingerprint density at radius 1 is 1.48 bits per heavy atom. The van der Waals surface area contributed by atoms with Crippen molar-refractivity contribution in [1.82, 2.24) is 10.3 Å². The van der Waals surface area contributed by atoms with Crippen LogP contribution in [0, 0.1) is 10.1 Å². The van der Waals surface area contributed by atoms with Crippen LogP contribution in [0.25, 0.3) is 0 Å². The van der Waals surface area contributed by atoms with Gasteiger partial charge in [-0.2, -0.15) is 5.10 Å². The summed E-state index contributed by atoms with van der Waals surface area (Å²) in [7, 11) is 0. The van der Waals surface area contributed by atoms with Gasteiger partial charge in [-0.25, -0.2) is 14.6 Å². The Hall–Kier alpha value is -3.44. The molecule has 12 nitrogen and oxygen atoms in total. The van der Waals surface area contributed by atoms with E-state index in [0.29, 0.717) is 0 Å². The van der Waals surface area contributed by atoms with Gasteiger partial charge in [0.25, 0.3) is 0 Å². The molecule has 5 amide bonds. The maximum atomic E-state index is 11.1. The Balaban J connectivity index is 0.000000491. The van der Waals surface area contributed by atoms with Gasteiger partial charge in [0, 0.05) is 0 Å². The second-order valence-corrected chi connectivity index (χ2v) is 3.49. The molecular weight excluding hydrogens is 288 g/mol. The highest BCUT2D eigenvalue weighted by molar-refractivity contribution is 6.02. The van der Waals surface area contributed by atoms with Gasteiger partial charge in [-0.1, -0.05) is 0 Å². The topological polar surface area (TPSA) is 187 Å². The number of imide groups is 1. The molecule has 1 aliphatic heterocycles. The van der Waals surface area contributed by atoms with Crippen LogP contribution in [-0.4, -0.2) is 40.7 Å². The summed E-state index contributed by atoms with van der Waals surface area (Å²) in [4.78, 5) is 40.5. The highest BCUT2D eigenvalue weighted by Gasteiger charge is 2.26. The molecular formula is C9H10N6O6. The molecule has 21 heavy (non-hydrogen) atoms. The molecule has 0 bridgehead atoms. The van der Waals surface area contributed by atoms with Crippen LogP contribution in [0.1, 0.15) is 5.76 Å². The van der Waals surface area contributed by atoms with Gasteiger partial charge in [0.2, 0.25) is 5.91 Å². The van der Waals surface area contributed by atoms with E-state index in [4.69, 9.17) is 9.21 Å². The molecule has 0 spiro atoms. The summed E-state index contributed by atoms with van der Waals surface area (Å²) >= 11 is 0. The number of hydrogen-bond donors (Lipinski definition) is 3. The molecule has 0 aliphatic carbocycles. The standard InChI is InChI=1S/C8H6N4O5.CH4N2O/c13-6-4-11(8(14)10-6)9-3-5-1-2-7(17-5)12(15)16;2-1(3)4/h1-3H,4H2,(H,10,13,14);(H4,2,3,4)/b9-3+;. The van der Waals surface area contributed by atoms with E-state index >= 15 is 0 Å². The molecule has 0 saturated carbocycles. The Kier molecular flexibility index (Phi) is 4.94. The minimum Gasteiger partial charge on any atom is -0.400 e. The van der Waals surface area contributed by atoms with Crippen LogP contribution in [0.15, 0.2) is 21.7 Å². The SMILES string of the molecule is NC(N)=O.O=C1CN(/N=C/c2ccc([N+](=O)[O-])o2)C(=O)N1. The van der Waals surface area contributed by atoms with Crippen LogP contribution in [0.4, 0.5) is 15.5 Å². The lowest BCUT2D eigenvalue weighted by atomic mass is 10.5. The number of furan rings is 1. The van der Waals surface area contributed by atoms with Crippen molar-refractivity contribution in [3.05, 3.63) is 28.0 Å². The van der Waals surface area contributed by atoms with Crippen LogP contribution in [0.3, 0.4) is 0 Å². The van der Waals surface area contributed by atoms with Crippen molar-refractivity contribution in [3.63, 3.8) is 0 Å². The zero-order valence-electron chi connectivity index (χ0n) is 10.4. The maximum absolute atomic E-state index is 11.1. The molecule has 0 aromatic carbocycles. The Morgan fingerprint density at radius 3 is 2.52 bits per heavy atom. The maximum Gasteiger partial charge on any atom is 0.433 e. The summed E-state index contributed by atoms with van der Waals surface area (Å²) in [5.41, 5.74) is 8.50.